The second-order valence-corrected chi connectivity index (χ2v) is 6.37. The van der Waals surface area contributed by atoms with Gasteiger partial charge in [-0.25, -0.2) is 9.97 Å². The van der Waals surface area contributed by atoms with Crippen molar-refractivity contribution in [3.8, 4) is 0 Å². The molecule has 0 aromatic carbocycles. The van der Waals surface area contributed by atoms with Crippen LogP contribution >= 0.6 is 11.3 Å². The lowest BCUT2D eigenvalue weighted by Crippen LogP contribution is -2.43. The molecule has 1 N–H and O–H groups in total. The van der Waals surface area contributed by atoms with Crippen LogP contribution in [-0.4, -0.2) is 53.6 Å². The van der Waals surface area contributed by atoms with Gasteiger partial charge in [0.15, 0.2) is 0 Å². The second kappa shape index (κ2) is 6.58. The summed E-state index contributed by atoms with van der Waals surface area (Å²) in [6.45, 7) is 6.82. The predicted molar refractivity (Wildman–Crippen MR) is 87.4 cm³/mol. The van der Waals surface area contributed by atoms with Crippen LogP contribution in [0.4, 0.5) is 5.82 Å². The summed E-state index contributed by atoms with van der Waals surface area (Å²) in [7, 11) is 0. The molecule has 3 rings (SSSR count). The monoisotopic (exact) mass is 320 g/mol. The molecule has 7 heteroatoms. The number of anilines is 1. The predicted octanol–water partition coefficient (Wildman–Crippen LogP) is 1.83. The van der Waals surface area contributed by atoms with Gasteiger partial charge in [-0.15, -0.1) is 11.3 Å². The number of ether oxygens (including phenoxy) is 1. The molecule has 2 aromatic heterocycles. The molecule has 1 aliphatic heterocycles. The summed E-state index contributed by atoms with van der Waals surface area (Å²) in [5.41, 5.74) is 0. The summed E-state index contributed by atoms with van der Waals surface area (Å²) in [6.07, 6.45) is 0.978. The summed E-state index contributed by atoms with van der Waals surface area (Å²) in [4.78, 5) is 25.2. The average molecular weight is 320 g/mol. The molecule has 1 fully saturated rings. The van der Waals surface area contributed by atoms with Gasteiger partial charge in [0.05, 0.1) is 25.1 Å². The van der Waals surface area contributed by atoms with Crippen molar-refractivity contribution in [1.29, 1.82) is 0 Å². The van der Waals surface area contributed by atoms with E-state index in [1.54, 1.807) is 11.3 Å². The maximum absolute atomic E-state index is 12.2. The number of nitrogens with zero attached hydrogens (tertiary/aromatic N) is 3. The summed E-state index contributed by atoms with van der Waals surface area (Å²) in [5.74, 6) is 1.55. The summed E-state index contributed by atoms with van der Waals surface area (Å²) in [6, 6.07) is 2.11. The molecule has 3 heterocycles. The fraction of sp³-hybridized carbons (Fsp3) is 0.533. The third kappa shape index (κ3) is 3.20. The molecule has 0 radical (unpaired) electrons. The SMILES string of the molecule is CCc1cc2c(NCC(=O)N3CCOCC3)nc(C)nc2s1. The van der Waals surface area contributed by atoms with Crippen LogP contribution in [0.3, 0.4) is 0 Å². The highest BCUT2D eigenvalue weighted by atomic mass is 32.1. The molecule has 1 aliphatic rings. The number of fused-ring (bicyclic) bond motifs is 1. The number of carbonyl (C=O) groups is 1. The largest absolute Gasteiger partial charge is 0.378 e. The van der Waals surface area contributed by atoms with Crippen LogP contribution in [0.25, 0.3) is 10.2 Å². The van der Waals surface area contributed by atoms with Gasteiger partial charge in [-0.1, -0.05) is 6.92 Å². The highest BCUT2D eigenvalue weighted by molar-refractivity contribution is 7.18. The topological polar surface area (TPSA) is 67.4 Å². The molecule has 1 amide bonds. The Bertz CT molecular complexity index is 679. The third-order valence-electron chi connectivity index (χ3n) is 3.67. The lowest BCUT2D eigenvalue weighted by Gasteiger charge is -2.27. The van der Waals surface area contributed by atoms with Crippen molar-refractivity contribution in [1.82, 2.24) is 14.9 Å². The Morgan fingerprint density at radius 3 is 2.91 bits per heavy atom. The van der Waals surface area contributed by atoms with Crippen molar-refractivity contribution in [2.75, 3.05) is 38.2 Å². The van der Waals surface area contributed by atoms with Gasteiger partial charge in [-0.05, 0) is 19.4 Å². The quantitative estimate of drug-likeness (QED) is 0.931. The van der Waals surface area contributed by atoms with Gasteiger partial charge >= 0.3 is 0 Å². The molecule has 0 aliphatic carbocycles. The number of aromatic nitrogens is 2. The summed E-state index contributed by atoms with van der Waals surface area (Å²) >= 11 is 1.68. The molecule has 118 valence electrons. The number of hydrogen-bond donors (Lipinski definition) is 1. The maximum atomic E-state index is 12.2. The number of thiophene rings is 1. The molecule has 1 saturated heterocycles. The minimum Gasteiger partial charge on any atom is -0.378 e. The fourth-order valence-corrected chi connectivity index (χ4v) is 3.48. The van der Waals surface area contributed by atoms with Crippen molar-refractivity contribution in [3.05, 3.63) is 16.8 Å². The Balaban J connectivity index is 1.75. The standard InChI is InChI=1S/C15H20N4O2S/c1-3-11-8-12-14(17-10(2)18-15(12)22-11)16-9-13(20)19-4-6-21-7-5-19/h8H,3-7,9H2,1-2H3,(H,16,17,18). The van der Waals surface area contributed by atoms with Crippen LogP contribution in [0.2, 0.25) is 0 Å². The number of aryl methyl sites for hydroxylation is 2. The summed E-state index contributed by atoms with van der Waals surface area (Å²) < 4.78 is 5.27. The van der Waals surface area contributed by atoms with Crippen LogP contribution in [0.15, 0.2) is 6.07 Å². The zero-order chi connectivity index (χ0) is 15.5. The van der Waals surface area contributed by atoms with E-state index in [0.717, 1.165) is 28.3 Å². The fourth-order valence-electron chi connectivity index (χ4n) is 2.47. The third-order valence-corrected chi connectivity index (χ3v) is 4.85. The number of carbonyl (C=O) groups excluding carboxylic acids is 1. The van der Waals surface area contributed by atoms with Gasteiger partial charge in [0, 0.05) is 18.0 Å². The Morgan fingerprint density at radius 1 is 1.41 bits per heavy atom. The molecular weight excluding hydrogens is 300 g/mol. The highest BCUT2D eigenvalue weighted by Crippen LogP contribution is 2.29. The first kappa shape index (κ1) is 15.2. The van der Waals surface area contributed by atoms with Crippen LogP contribution in [0, 0.1) is 6.92 Å². The second-order valence-electron chi connectivity index (χ2n) is 5.25. The number of hydrogen-bond acceptors (Lipinski definition) is 6. The zero-order valence-corrected chi connectivity index (χ0v) is 13.7. The van der Waals surface area contributed by atoms with Crippen molar-refractivity contribution >= 4 is 33.3 Å². The number of morpholine rings is 1. The van der Waals surface area contributed by atoms with E-state index < -0.39 is 0 Å². The molecule has 22 heavy (non-hydrogen) atoms. The Labute approximate surface area is 133 Å². The first-order chi connectivity index (χ1) is 10.7. The number of amides is 1. The van der Waals surface area contributed by atoms with E-state index in [1.807, 2.05) is 11.8 Å². The molecule has 0 unspecified atom stereocenters. The van der Waals surface area contributed by atoms with Crippen molar-refractivity contribution in [3.63, 3.8) is 0 Å². The van der Waals surface area contributed by atoms with Crippen LogP contribution < -0.4 is 5.32 Å². The minimum absolute atomic E-state index is 0.0821. The zero-order valence-electron chi connectivity index (χ0n) is 12.9. The van der Waals surface area contributed by atoms with Crippen molar-refractivity contribution in [2.45, 2.75) is 20.3 Å². The van der Waals surface area contributed by atoms with Crippen molar-refractivity contribution in [2.24, 2.45) is 0 Å². The van der Waals surface area contributed by atoms with Gasteiger partial charge in [0.1, 0.15) is 16.5 Å². The Hall–Kier alpha value is -1.73. The van der Waals surface area contributed by atoms with Crippen LogP contribution in [0.5, 0.6) is 0 Å². The number of nitrogens with one attached hydrogen (secondary N) is 1. The van der Waals surface area contributed by atoms with Crippen LogP contribution in [-0.2, 0) is 16.0 Å². The molecule has 0 spiro atoms. The molecular formula is C15H20N4O2S. The van der Waals surface area contributed by atoms with E-state index in [0.29, 0.717) is 26.3 Å². The van der Waals surface area contributed by atoms with Gasteiger partial charge in [0.2, 0.25) is 5.91 Å². The van der Waals surface area contributed by atoms with E-state index in [4.69, 9.17) is 4.74 Å². The minimum atomic E-state index is 0.0821. The lowest BCUT2D eigenvalue weighted by atomic mass is 10.3. The molecule has 0 saturated carbocycles. The maximum Gasteiger partial charge on any atom is 0.242 e. The van der Waals surface area contributed by atoms with Gasteiger partial charge in [-0.2, -0.15) is 0 Å². The van der Waals surface area contributed by atoms with E-state index in [9.17, 15) is 4.79 Å². The Kier molecular flexibility index (Phi) is 4.54. The van der Waals surface area contributed by atoms with E-state index in [-0.39, 0.29) is 12.5 Å². The van der Waals surface area contributed by atoms with E-state index >= 15 is 0 Å². The van der Waals surface area contributed by atoms with Gasteiger partial charge in [0.25, 0.3) is 0 Å². The first-order valence-electron chi connectivity index (χ1n) is 7.54. The lowest BCUT2D eigenvalue weighted by molar-refractivity contribution is -0.133. The number of rotatable bonds is 4. The van der Waals surface area contributed by atoms with Crippen molar-refractivity contribution < 1.29 is 9.53 Å². The Morgan fingerprint density at radius 2 is 2.18 bits per heavy atom. The van der Waals surface area contributed by atoms with Crippen LogP contribution in [0.1, 0.15) is 17.6 Å². The smallest absolute Gasteiger partial charge is 0.242 e. The molecule has 0 atom stereocenters. The average Bonchev–Trinajstić information content (AvgIpc) is 2.96. The molecule has 6 nitrogen and oxygen atoms in total. The molecule has 0 bridgehead atoms. The van der Waals surface area contributed by atoms with E-state index in [1.165, 1.54) is 4.88 Å². The first-order valence-corrected chi connectivity index (χ1v) is 8.35. The highest BCUT2D eigenvalue weighted by Gasteiger charge is 2.17. The summed E-state index contributed by atoms with van der Waals surface area (Å²) in [5, 5.41) is 4.19. The molecule has 2 aromatic rings. The van der Waals surface area contributed by atoms with Gasteiger partial charge < -0.3 is 15.0 Å². The van der Waals surface area contributed by atoms with E-state index in [2.05, 4.69) is 28.3 Å². The van der Waals surface area contributed by atoms with Gasteiger partial charge in [-0.3, -0.25) is 4.79 Å². The normalized spacial score (nSPS) is 15.3.